The highest BCUT2D eigenvalue weighted by molar-refractivity contribution is 7.00. The van der Waals surface area contributed by atoms with Crippen molar-refractivity contribution < 1.29 is 4.42 Å². The van der Waals surface area contributed by atoms with Crippen LogP contribution >= 0.6 is 0 Å². The Balaban J connectivity index is 1.27. The Morgan fingerprint density at radius 2 is 0.918 bits per heavy atom. The molecular formula is C68H70BN3O. The second kappa shape index (κ2) is 15.8. The molecule has 8 aromatic carbocycles. The molecule has 0 spiro atoms. The first-order valence-corrected chi connectivity index (χ1v) is 26.5. The van der Waals surface area contributed by atoms with E-state index < -0.39 is 0 Å². The van der Waals surface area contributed by atoms with Gasteiger partial charge in [0.25, 0.3) is 6.71 Å². The van der Waals surface area contributed by atoms with Crippen LogP contribution in [0.4, 0.5) is 34.1 Å². The SMILES string of the molecule is Cc1cc(C(C)(C)C)cc(C)c1N1c2cc(C(C)(C)C)ccc2B2c3cc4c5cc(C(C)(C)C)ccc5n(-c5c(C)cccc5C)c4cc3N(c3ccc4oc5ccccc5c4c3)c3cc(C(C)(C)C)cc1c32. The average Bonchev–Trinajstić information content (AvgIpc) is 3.84. The Kier molecular flexibility index (Phi) is 10.2. The molecule has 0 atom stereocenters. The normalized spacial score (nSPS) is 13.9. The van der Waals surface area contributed by atoms with Gasteiger partial charge in [-0.3, -0.25) is 0 Å². The van der Waals surface area contributed by atoms with E-state index in [1.165, 1.54) is 117 Å². The molecule has 366 valence electrons. The van der Waals surface area contributed by atoms with Crippen molar-refractivity contribution in [2.45, 2.75) is 132 Å². The molecule has 0 aliphatic carbocycles. The minimum absolute atomic E-state index is 0.00923. The Morgan fingerprint density at radius 3 is 1.58 bits per heavy atom. The number of anilines is 6. The Hall–Kier alpha value is -6.98. The van der Waals surface area contributed by atoms with Gasteiger partial charge in [-0.25, -0.2) is 0 Å². The van der Waals surface area contributed by atoms with Crippen molar-refractivity contribution in [3.05, 3.63) is 178 Å². The van der Waals surface area contributed by atoms with E-state index >= 15 is 0 Å². The van der Waals surface area contributed by atoms with Gasteiger partial charge in [0.15, 0.2) is 0 Å². The first-order chi connectivity index (χ1) is 34.4. The summed E-state index contributed by atoms with van der Waals surface area (Å²) in [5.74, 6) is 0. The molecule has 0 bridgehead atoms. The fraction of sp³-hybridized carbons (Fsp3) is 0.294. The number of furan rings is 1. The summed E-state index contributed by atoms with van der Waals surface area (Å²) in [4.78, 5) is 5.28. The number of rotatable bonds is 3. The number of para-hydroxylation sites is 2. The van der Waals surface area contributed by atoms with Crippen molar-refractivity contribution in [1.29, 1.82) is 0 Å². The number of fused-ring (bicyclic) bond motifs is 10. The zero-order valence-corrected chi connectivity index (χ0v) is 46.0. The van der Waals surface area contributed by atoms with Gasteiger partial charge in [0.05, 0.1) is 22.4 Å². The molecule has 0 saturated carbocycles. The number of nitrogens with zero attached hydrogens (tertiary/aromatic N) is 3. The topological polar surface area (TPSA) is 24.6 Å². The Labute approximate surface area is 433 Å². The highest BCUT2D eigenvalue weighted by Crippen LogP contribution is 2.50. The molecule has 0 amide bonds. The molecule has 10 aromatic rings. The van der Waals surface area contributed by atoms with E-state index in [0.29, 0.717) is 0 Å². The summed E-state index contributed by atoms with van der Waals surface area (Å²) in [6.07, 6.45) is 0. The summed E-state index contributed by atoms with van der Waals surface area (Å²) in [6, 6.07) is 51.8. The van der Waals surface area contributed by atoms with E-state index in [1.54, 1.807) is 0 Å². The molecule has 2 aliphatic heterocycles. The predicted octanol–water partition coefficient (Wildman–Crippen LogP) is 17.2. The molecule has 4 heterocycles. The number of aryl methyl sites for hydroxylation is 4. The highest BCUT2D eigenvalue weighted by atomic mass is 16.3. The second-order valence-electron chi connectivity index (χ2n) is 25.8. The minimum atomic E-state index is -0.166. The molecular weight excluding hydrogens is 886 g/mol. The van der Waals surface area contributed by atoms with Gasteiger partial charge < -0.3 is 18.8 Å². The number of benzene rings is 8. The van der Waals surface area contributed by atoms with Crippen LogP contribution in [0.1, 0.15) is 128 Å². The van der Waals surface area contributed by atoms with Gasteiger partial charge in [-0.15, -0.1) is 0 Å². The molecule has 12 rings (SSSR count). The smallest absolute Gasteiger partial charge is 0.252 e. The molecule has 73 heavy (non-hydrogen) atoms. The zero-order valence-electron chi connectivity index (χ0n) is 46.0. The van der Waals surface area contributed by atoms with Crippen LogP contribution in [0.25, 0.3) is 49.4 Å². The number of aromatic nitrogens is 1. The van der Waals surface area contributed by atoms with E-state index in [1.807, 2.05) is 0 Å². The van der Waals surface area contributed by atoms with Gasteiger partial charge in [-0.1, -0.05) is 156 Å². The van der Waals surface area contributed by atoms with Crippen molar-refractivity contribution in [2.24, 2.45) is 0 Å². The van der Waals surface area contributed by atoms with Gasteiger partial charge in [0, 0.05) is 50.0 Å². The van der Waals surface area contributed by atoms with Crippen molar-refractivity contribution in [3.8, 4) is 5.69 Å². The van der Waals surface area contributed by atoms with Crippen molar-refractivity contribution in [3.63, 3.8) is 0 Å². The maximum Gasteiger partial charge on any atom is 0.252 e. The summed E-state index contributed by atoms with van der Waals surface area (Å²) in [6.45, 7) is 37.3. The molecule has 2 aromatic heterocycles. The van der Waals surface area contributed by atoms with Gasteiger partial charge in [-0.05, 0) is 171 Å². The van der Waals surface area contributed by atoms with Gasteiger partial charge in [-0.2, -0.15) is 0 Å². The largest absolute Gasteiger partial charge is 0.456 e. The highest BCUT2D eigenvalue weighted by Gasteiger charge is 2.46. The van der Waals surface area contributed by atoms with Crippen LogP contribution in [-0.4, -0.2) is 11.3 Å². The van der Waals surface area contributed by atoms with E-state index in [2.05, 4.69) is 259 Å². The van der Waals surface area contributed by atoms with Crippen LogP contribution in [0, 0.1) is 27.7 Å². The van der Waals surface area contributed by atoms with Gasteiger partial charge >= 0.3 is 0 Å². The molecule has 0 unspecified atom stereocenters. The molecule has 5 heteroatoms. The standard InChI is InChI=1S/C68H70BN3O/c1-39-20-19-21-40(2)63(39)71-54-28-25-43(65(5,6)7)32-49(54)50-37-53-57(38-55(50)71)70(47-26-29-61-51(36-47)48-22-17-18-23-60(48)73-61)58-34-46(68(14,15)16)35-59-62(58)69(53)52-27-24-44(66(8,9)10)33-56(52)72(59)64-41(3)30-45(31-42(64)4)67(11,12)13/h17-38H,1-16H3. The summed E-state index contributed by atoms with van der Waals surface area (Å²) in [5.41, 5.74) is 26.9. The minimum Gasteiger partial charge on any atom is -0.456 e. The van der Waals surface area contributed by atoms with Crippen molar-refractivity contribution >= 4 is 101 Å². The van der Waals surface area contributed by atoms with Gasteiger partial charge in [0.1, 0.15) is 11.2 Å². The van der Waals surface area contributed by atoms with E-state index in [9.17, 15) is 0 Å². The molecule has 0 fully saturated rings. The lowest BCUT2D eigenvalue weighted by Crippen LogP contribution is -2.61. The van der Waals surface area contributed by atoms with Gasteiger partial charge in [0.2, 0.25) is 0 Å². The van der Waals surface area contributed by atoms with Crippen LogP contribution in [-0.2, 0) is 21.7 Å². The molecule has 0 radical (unpaired) electrons. The third-order valence-corrected chi connectivity index (χ3v) is 16.4. The maximum absolute atomic E-state index is 6.53. The summed E-state index contributed by atoms with van der Waals surface area (Å²) in [7, 11) is 0. The molecule has 0 saturated heterocycles. The first kappa shape index (κ1) is 47.1. The molecule has 2 aliphatic rings. The Morgan fingerprint density at radius 1 is 0.370 bits per heavy atom. The quantitative estimate of drug-likeness (QED) is 0.165. The third kappa shape index (κ3) is 7.23. The summed E-state index contributed by atoms with van der Waals surface area (Å²) in [5, 5.41) is 4.80. The maximum atomic E-state index is 6.53. The summed E-state index contributed by atoms with van der Waals surface area (Å²) >= 11 is 0. The van der Waals surface area contributed by atoms with Crippen LogP contribution in [0.5, 0.6) is 0 Å². The lowest BCUT2D eigenvalue weighted by atomic mass is 9.33. The zero-order chi connectivity index (χ0) is 51.6. The molecule has 0 N–H and O–H groups in total. The van der Waals surface area contributed by atoms with E-state index in [-0.39, 0.29) is 28.4 Å². The van der Waals surface area contributed by atoms with Crippen molar-refractivity contribution in [2.75, 3.05) is 9.80 Å². The fourth-order valence-corrected chi connectivity index (χ4v) is 12.4. The molecule has 4 nitrogen and oxygen atoms in total. The average molecular weight is 956 g/mol. The predicted molar refractivity (Wildman–Crippen MR) is 316 cm³/mol. The van der Waals surface area contributed by atoms with E-state index in [4.69, 9.17) is 4.42 Å². The lowest BCUT2D eigenvalue weighted by Gasteiger charge is -2.46. The lowest BCUT2D eigenvalue weighted by molar-refractivity contribution is 0.588. The first-order valence-electron chi connectivity index (χ1n) is 26.5. The summed E-state index contributed by atoms with van der Waals surface area (Å²) < 4.78 is 9.10. The Bertz CT molecular complexity index is 3920. The third-order valence-electron chi connectivity index (χ3n) is 16.4. The fourth-order valence-electron chi connectivity index (χ4n) is 12.4. The second-order valence-corrected chi connectivity index (χ2v) is 25.8. The van der Waals surface area contributed by atoms with E-state index in [0.717, 1.165) is 27.6 Å². The van der Waals surface area contributed by atoms with Crippen LogP contribution in [0.3, 0.4) is 0 Å². The number of hydrogen-bond acceptors (Lipinski definition) is 3. The van der Waals surface area contributed by atoms with Crippen molar-refractivity contribution in [1.82, 2.24) is 4.57 Å². The number of hydrogen-bond donors (Lipinski definition) is 0. The van der Waals surface area contributed by atoms with Crippen LogP contribution in [0.2, 0.25) is 0 Å². The monoisotopic (exact) mass is 956 g/mol. The van der Waals surface area contributed by atoms with Crippen LogP contribution < -0.4 is 26.2 Å². The van der Waals surface area contributed by atoms with Crippen LogP contribution in [0.15, 0.2) is 138 Å².